The minimum Gasteiger partial charge on any atom is -0.455 e. The number of aryl methyl sites for hydroxylation is 2. The van der Waals surface area contributed by atoms with Crippen molar-refractivity contribution >= 4 is 38.3 Å². The summed E-state index contributed by atoms with van der Waals surface area (Å²) in [4.78, 5) is 29.0. The van der Waals surface area contributed by atoms with Crippen LogP contribution >= 0.6 is 11.6 Å². The van der Waals surface area contributed by atoms with Crippen LogP contribution in [0.25, 0.3) is 22.3 Å². The van der Waals surface area contributed by atoms with E-state index in [-0.39, 0.29) is 26.9 Å². The number of nitrogens with one attached hydrogen (secondary N) is 2. The van der Waals surface area contributed by atoms with Crippen LogP contribution in [0.15, 0.2) is 67.7 Å². The van der Waals surface area contributed by atoms with E-state index in [4.69, 9.17) is 16.0 Å². The van der Waals surface area contributed by atoms with Crippen molar-refractivity contribution in [2.75, 3.05) is 5.32 Å². The fourth-order valence-electron chi connectivity index (χ4n) is 4.13. The van der Waals surface area contributed by atoms with E-state index >= 15 is 0 Å². The van der Waals surface area contributed by atoms with Gasteiger partial charge >= 0.3 is 0 Å². The second-order valence-corrected chi connectivity index (χ2v) is 12.3. The smallest absolute Gasteiger partial charge is 0.260 e. The minimum absolute atomic E-state index is 0.0337. The Labute approximate surface area is 225 Å². The van der Waals surface area contributed by atoms with Gasteiger partial charge in [-0.2, -0.15) is 0 Å². The molecule has 1 atom stereocenters. The zero-order valence-corrected chi connectivity index (χ0v) is 23.5. The number of anilines is 1. The lowest BCUT2D eigenvalue weighted by Gasteiger charge is -2.23. The first-order valence-electron chi connectivity index (χ1n) is 11.9. The zero-order valence-electron chi connectivity index (χ0n) is 21.9. The number of sulfonamides is 1. The highest BCUT2D eigenvalue weighted by atomic mass is 35.5. The monoisotopic (exact) mass is 556 g/mol. The molecule has 0 saturated carbocycles. The Hall–Kier alpha value is -3.47. The summed E-state index contributed by atoms with van der Waals surface area (Å²) in [5.41, 5.74) is 1.48. The third-order valence-corrected chi connectivity index (χ3v) is 7.64. The number of aromatic nitrogens is 2. The van der Waals surface area contributed by atoms with E-state index < -0.39 is 21.6 Å². The number of nitrogens with zero attached hydrogens (tertiary/aromatic N) is 2. The van der Waals surface area contributed by atoms with Crippen LogP contribution in [0.4, 0.5) is 5.69 Å². The van der Waals surface area contributed by atoms with Crippen molar-refractivity contribution in [1.82, 2.24) is 14.3 Å². The Kier molecular flexibility index (Phi) is 7.26. The predicted molar refractivity (Wildman–Crippen MR) is 149 cm³/mol. The van der Waals surface area contributed by atoms with E-state index in [0.29, 0.717) is 27.9 Å². The maximum atomic E-state index is 13.1. The normalized spacial score (nSPS) is 13.0. The summed E-state index contributed by atoms with van der Waals surface area (Å²) in [5, 5.41) is 3.39. The van der Waals surface area contributed by atoms with Crippen molar-refractivity contribution in [2.45, 2.75) is 51.2 Å². The maximum absolute atomic E-state index is 13.1. The molecule has 200 valence electrons. The van der Waals surface area contributed by atoms with E-state index in [1.165, 1.54) is 22.8 Å². The predicted octanol–water partition coefficient (Wildman–Crippen LogP) is 4.77. The van der Waals surface area contributed by atoms with E-state index in [1.807, 2.05) is 19.9 Å². The number of pyridine rings is 2. The summed E-state index contributed by atoms with van der Waals surface area (Å²) in [6.45, 7) is 8.88. The van der Waals surface area contributed by atoms with Gasteiger partial charge in [-0.1, -0.05) is 17.7 Å². The van der Waals surface area contributed by atoms with Crippen LogP contribution in [0.2, 0.25) is 5.15 Å². The summed E-state index contributed by atoms with van der Waals surface area (Å²) >= 11 is 6.06. The number of hydrogen-bond donors (Lipinski definition) is 2. The van der Waals surface area contributed by atoms with Gasteiger partial charge in [0.15, 0.2) is 10.5 Å². The Bertz CT molecular complexity index is 1770. The molecule has 0 saturated heterocycles. The molecule has 0 aliphatic heterocycles. The average Bonchev–Trinajstić information content (AvgIpc) is 2.80. The van der Waals surface area contributed by atoms with Gasteiger partial charge in [0.2, 0.25) is 5.56 Å². The summed E-state index contributed by atoms with van der Waals surface area (Å²) in [6, 6.07) is 10.6. The highest BCUT2D eigenvalue weighted by molar-refractivity contribution is 7.89. The van der Waals surface area contributed by atoms with E-state index in [1.54, 1.807) is 52.2 Å². The Morgan fingerprint density at radius 1 is 1.08 bits per heavy atom. The van der Waals surface area contributed by atoms with E-state index in [2.05, 4.69) is 15.0 Å². The second-order valence-electron chi connectivity index (χ2n) is 10.3. The van der Waals surface area contributed by atoms with Crippen molar-refractivity contribution < 1.29 is 12.8 Å². The lowest BCUT2D eigenvalue weighted by Crippen LogP contribution is -2.41. The van der Waals surface area contributed by atoms with Gasteiger partial charge in [0.25, 0.3) is 10.0 Å². The molecule has 0 spiro atoms. The maximum Gasteiger partial charge on any atom is 0.260 e. The van der Waals surface area contributed by atoms with Gasteiger partial charge in [-0.3, -0.25) is 9.59 Å². The Morgan fingerprint density at radius 3 is 2.45 bits per heavy atom. The summed E-state index contributed by atoms with van der Waals surface area (Å²) in [6.07, 6.45) is 1.60. The summed E-state index contributed by atoms with van der Waals surface area (Å²) < 4.78 is 36.5. The summed E-state index contributed by atoms with van der Waals surface area (Å²) in [5.74, 6) is 0.307. The summed E-state index contributed by atoms with van der Waals surface area (Å²) in [7, 11) is -2.40. The Balaban J connectivity index is 1.84. The molecule has 1 aromatic carbocycles. The second kappa shape index (κ2) is 10.0. The van der Waals surface area contributed by atoms with Gasteiger partial charge in [0.05, 0.1) is 17.1 Å². The van der Waals surface area contributed by atoms with Crippen molar-refractivity contribution in [1.29, 1.82) is 0 Å². The molecule has 11 heteroatoms. The first kappa shape index (κ1) is 27.6. The number of fused-ring (bicyclic) bond motifs is 1. The van der Waals surface area contributed by atoms with Crippen LogP contribution in [0, 0.1) is 6.92 Å². The zero-order chi connectivity index (χ0) is 28.0. The van der Waals surface area contributed by atoms with Crippen molar-refractivity contribution in [2.24, 2.45) is 7.05 Å². The lowest BCUT2D eigenvalue weighted by atomic mass is 10.0. The molecule has 0 radical (unpaired) electrons. The Morgan fingerprint density at radius 2 is 1.79 bits per heavy atom. The van der Waals surface area contributed by atoms with Crippen molar-refractivity contribution in [3.05, 3.63) is 85.5 Å². The van der Waals surface area contributed by atoms with Crippen molar-refractivity contribution in [3.63, 3.8) is 0 Å². The first-order valence-corrected chi connectivity index (χ1v) is 13.7. The highest BCUT2D eigenvalue weighted by Crippen LogP contribution is 2.32. The third-order valence-electron chi connectivity index (χ3n) is 5.73. The molecular formula is C27H29ClN4O5S. The van der Waals surface area contributed by atoms with Gasteiger partial charge < -0.3 is 14.3 Å². The van der Waals surface area contributed by atoms with Crippen LogP contribution in [0.5, 0.6) is 0 Å². The van der Waals surface area contributed by atoms with Gasteiger partial charge in [-0.15, -0.1) is 0 Å². The van der Waals surface area contributed by atoms with Gasteiger partial charge in [0.1, 0.15) is 16.5 Å². The number of hydrogen-bond acceptors (Lipinski definition) is 7. The molecule has 3 aromatic heterocycles. The molecule has 2 N–H and O–H groups in total. The molecule has 0 aliphatic rings. The van der Waals surface area contributed by atoms with Crippen LogP contribution in [0.3, 0.4) is 0 Å². The molecule has 4 aromatic rings. The van der Waals surface area contributed by atoms with E-state index in [0.717, 1.165) is 5.56 Å². The molecule has 0 amide bonds. The third kappa shape index (κ3) is 5.82. The SMILES string of the molecule is Cc1cc([C@@H](C)Nc2ccc(Cl)nc2S(=O)(=O)NC(C)(C)C)c2oc(-c3ccc(=O)n(C)c3)cc(=O)c2c1. The molecule has 38 heavy (non-hydrogen) atoms. The quantitative estimate of drug-likeness (QED) is 0.328. The molecule has 9 nitrogen and oxygen atoms in total. The number of rotatable bonds is 6. The lowest BCUT2D eigenvalue weighted by molar-refractivity contribution is 0.490. The molecular weight excluding hydrogens is 528 g/mol. The fourth-order valence-corrected chi connectivity index (χ4v) is 5.87. The fraction of sp³-hybridized carbons (Fsp3) is 0.296. The molecule has 0 bridgehead atoms. The molecule has 4 rings (SSSR count). The standard InChI is InChI=1S/C27H29ClN4O5S/c1-15-11-18(16(2)29-20-8-9-23(28)30-26(20)38(35,36)31-27(3,4)5)25-19(12-15)21(33)13-22(37-25)17-7-10-24(34)32(6)14-17/h7-14,16,29,31H,1-6H3/t16-/m1/s1. The van der Waals surface area contributed by atoms with Crippen LogP contribution < -0.4 is 21.0 Å². The van der Waals surface area contributed by atoms with Gasteiger partial charge in [-0.05, 0) is 64.4 Å². The highest BCUT2D eigenvalue weighted by Gasteiger charge is 2.27. The van der Waals surface area contributed by atoms with Crippen molar-refractivity contribution in [3.8, 4) is 11.3 Å². The minimum atomic E-state index is -4.02. The molecule has 0 aliphatic carbocycles. The topological polar surface area (TPSA) is 123 Å². The average molecular weight is 557 g/mol. The van der Waals surface area contributed by atoms with E-state index in [9.17, 15) is 18.0 Å². The molecule has 0 unspecified atom stereocenters. The largest absolute Gasteiger partial charge is 0.455 e. The van der Waals surface area contributed by atoms with Crippen LogP contribution in [0.1, 0.15) is 44.9 Å². The van der Waals surface area contributed by atoms with Gasteiger partial charge in [-0.25, -0.2) is 18.1 Å². The van der Waals surface area contributed by atoms with Gasteiger partial charge in [0, 0.05) is 42.0 Å². The van der Waals surface area contributed by atoms with Crippen LogP contribution in [-0.4, -0.2) is 23.5 Å². The first-order chi connectivity index (χ1) is 17.6. The number of benzene rings is 1. The molecule has 3 heterocycles. The van der Waals surface area contributed by atoms with Crippen LogP contribution in [-0.2, 0) is 17.1 Å². The molecule has 0 fully saturated rings. The number of halogens is 1.